The summed E-state index contributed by atoms with van der Waals surface area (Å²) < 4.78 is 0. The normalized spacial score (nSPS) is 24.1. The number of carbonyl (C=O) groups excluding carboxylic acids is 1. The van der Waals surface area contributed by atoms with Crippen LogP contribution < -0.4 is 10.3 Å². The van der Waals surface area contributed by atoms with Crippen LogP contribution >= 0.6 is 0 Å². The highest BCUT2D eigenvalue weighted by Crippen LogP contribution is 2.02. The zero-order valence-electron chi connectivity index (χ0n) is 10.6. The first-order valence-corrected chi connectivity index (χ1v) is 6.32. The average molecular weight is 247 g/mol. The Kier molecular flexibility index (Phi) is 4.41. The molecule has 18 heavy (non-hydrogen) atoms. The number of likely N-dealkylation sites (tertiary alicyclic amines) is 1. The summed E-state index contributed by atoms with van der Waals surface area (Å²) in [5.41, 5.74) is 3.55. The fourth-order valence-corrected chi connectivity index (χ4v) is 2.23. The van der Waals surface area contributed by atoms with E-state index in [2.05, 4.69) is 22.6 Å². The number of hydrogen-bond donors (Lipinski definition) is 2. The smallest absolute Gasteiger partial charge is 0.298 e. The number of quaternary nitrogens is 1. The van der Waals surface area contributed by atoms with Crippen LogP contribution in [0.3, 0.4) is 0 Å². The molecule has 0 spiro atoms. The molecule has 0 aromatic carbocycles. The monoisotopic (exact) mass is 247 g/mol. The molecule has 0 radical (unpaired) electrons. The Labute approximate surface area is 107 Å². The van der Waals surface area contributed by atoms with Crippen molar-refractivity contribution in [2.75, 3.05) is 13.6 Å². The lowest BCUT2D eigenvalue weighted by atomic mass is 10.0. The van der Waals surface area contributed by atoms with E-state index in [1.807, 2.05) is 12.1 Å². The highest BCUT2D eigenvalue weighted by atomic mass is 16.2. The minimum atomic E-state index is 0.0116. The van der Waals surface area contributed by atoms with Crippen LogP contribution in [0.4, 0.5) is 0 Å². The number of piperidine rings is 1. The second-order valence-corrected chi connectivity index (χ2v) is 4.66. The molecule has 2 heterocycles. The van der Waals surface area contributed by atoms with Gasteiger partial charge in [-0.1, -0.05) is 0 Å². The number of nitrogens with one attached hydrogen (secondary N) is 2. The van der Waals surface area contributed by atoms with Crippen LogP contribution in [-0.2, 0) is 4.79 Å². The zero-order chi connectivity index (χ0) is 12.8. The predicted octanol–water partition coefficient (Wildman–Crippen LogP) is -0.401. The first-order chi connectivity index (χ1) is 8.77. The average Bonchev–Trinajstić information content (AvgIpc) is 2.40. The highest BCUT2D eigenvalue weighted by Gasteiger charge is 2.29. The lowest BCUT2D eigenvalue weighted by Gasteiger charge is -2.27. The van der Waals surface area contributed by atoms with Gasteiger partial charge in [0.1, 0.15) is 0 Å². The van der Waals surface area contributed by atoms with E-state index in [9.17, 15) is 4.79 Å². The van der Waals surface area contributed by atoms with Gasteiger partial charge >= 0.3 is 0 Å². The van der Waals surface area contributed by atoms with Crippen molar-refractivity contribution in [2.45, 2.75) is 25.3 Å². The summed E-state index contributed by atoms with van der Waals surface area (Å²) in [6, 6.07) is 3.72. The Morgan fingerprint density at radius 2 is 2.28 bits per heavy atom. The van der Waals surface area contributed by atoms with Gasteiger partial charge in [0, 0.05) is 18.8 Å². The number of likely N-dealkylation sites (N-methyl/N-ethyl adjacent to an activating group) is 1. The van der Waals surface area contributed by atoms with Gasteiger partial charge in [-0.3, -0.25) is 9.78 Å². The molecule has 2 N–H and O–H groups in total. The predicted molar refractivity (Wildman–Crippen MR) is 69.4 cm³/mol. The number of hydrazone groups is 1. The third-order valence-corrected chi connectivity index (χ3v) is 3.32. The van der Waals surface area contributed by atoms with Crippen molar-refractivity contribution in [1.29, 1.82) is 0 Å². The molecule has 5 nitrogen and oxygen atoms in total. The van der Waals surface area contributed by atoms with Gasteiger partial charge in [0.05, 0.1) is 19.8 Å². The van der Waals surface area contributed by atoms with E-state index in [-0.39, 0.29) is 11.9 Å². The Balaban J connectivity index is 1.86. The lowest BCUT2D eigenvalue weighted by molar-refractivity contribution is -0.901. The van der Waals surface area contributed by atoms with Crippen molar-refractivity contribution in [1.82, 2.24) is 10.4 Å². The number of nitrogens with zero attached hydrogens (tertiary/aromatic N) is 2. The summed E-state index contributed by atoms with van der Waals surface area (Å²) in [7, 11) is 2.07. The first-order valence-electron chi connectivity index (χ1n) is 6.32. The van der Waals surface area contributed by atoms with Crippen molar-refractivity contribution in [3.8, 4) is 0 Å². The van der Waals surface area contributed by atoms with Crippen molar-refractivity contribution in [3.05, 3.63) is 30.1 Å². The third-order valence-electron chi connectivity index (χ3n) is 3.32. The van der Waals surface area contributed by atoms with Gasteiger partial charge in [0.2, 0.25) is 0 Å². The van der Waals surface area contributed by atoms with E-state index in [4.69, 9.17) is 0 Å². The SMILES string of the molecule is C[NH+]1CCCC[C@@H]1C(=O)N/N=C\c1ccncc1. The molecule has 1 saturated heterocycles. The van der Waals surface area contributed by atoms with E-state index in [0.717, 1.165) is 24.9 Å². The Bertz CT molecular complexity index is 418. The molecule has 1 unspecified atom stereocenters. The van der Waals surface area contributed by atoms with E-state index in [1.165, 1.54) is 11.3 Å². The molecule has 0 bridgehead atoms. The second-order valence-electron chi connectivity index (χ2n) is 4.66. The molecular weight excluding hydrogens is 228 g/mol. The third kappa shape index (κ3) is 3.37. The van der Waals surface area contributed by atoms with Gasteiger partial charge in [-0.05, 0) is 30.5 Å². The van der Waals surface area contributed by atoms with E-state index in [1.54, 1.807) is 18.6 Å². The van der Waals surface area contributed by atoms with Crippen LogP contribution in [0, 0.1) is 0 Å². The van der Waals surface area contributed by atoms with Crippen LogP contribution in [0.2, 0.25) is 0 Å². The maximum absolute atomic E-state index is 11.9. The number of hydrogen-bond acceptors (Lipinski definition) is 3. The number of carbonyl (C=O) groups is 1. The van der Waals surface area contributed by atoms with Crippen LogP contribution in [-0.4, -0.2) is 36.7 Å². The minimum Gasteiger partial charge on any atom is -0.327 e. The Morgan fingerprint density at radius 3 is 3.00 bits per heavy atom. The molecule has 0 aliphatic carbocycles. The number of pyridine rings is 1. The molecule has 1 aromatic rings. The van der Waals surface area contributed by atoms with Gasteiger partial charge in [-0.2, -0.15) is 5.10 Å². The van der Waals surface area contributed by atoms with Crippen LogP contribution in [0.15, 0.2) is 29.6 Å². The number of amides is 1. The molecule has 1 aromatic heterocycles. The molecule has 5 heteroatoms. The topological polar surface area (TPSA) is 58.8 Å². The quantitative estimate of drug-likeness (QED) is 0.564. The lowest BCUT2D eigenvalue weighted by Crippen LogP contribution is -3.15. The van der Waals surface area contributed by atoms with Crippen LogP contribution in [0.1, 0.15) is 24.8 Å². The molecule has 0 saturated carbocycles. The van der Waals surface area contributed by atoms with E-state index >= 15 is 0 Å². The summed E-state index contributed by atoms with van der Waals surface area (Å²) >= 11 is 0. The van der Waals surface area contributed by atoms with Crippen molar-refractivity contribution < 1.29 is 9.69 Å². The van der Waals surface area contributed by atoms with Gasteiger partial charge in [0.25, 0.3) is 5.91 Å². The molecule has 1 aliphatic rings. The van der Waals surface area contributed by atoms with Gasteiger partial charge in [-0.25, -0.2) is 5.43 Å². The fraction of sp³-hybridized carbons (Fsp3) is 0.462. The summed E-state index contributed by atoms with van der Waals surface area (Å²) in [4.78, 5) is 17.1. The molecule has 1 aliphatic heterocycles. The van der Waals surface area contributed by atoms with Crippen LogP contribution in [0.25, 0.3) is 0 Å². The van der Waals surface area contributed by atoms with Gasteiger partial charge < -0.3 is 4.90 Å². The summed E-state index contributed by atoms with van der Waals surface area (Å²) in [5.74, 6) is 0.0116. The molecule has 2 atom stereocenters. The molecule has 2 rings (SSSR count). The zero-order valence-corrected chi connectivity index (χ0v) is 10.6. The van der Waals surface area contributed by atoms with Crippen molar-refractivity contribution in [2.24, 2.45) is 5.10 Å². The molecular formula is C13H19N4O+. The number of rotatable bonds is 3. The summed E-state index contributed by atoms with van der Waals surface area (Å²) in [6.07, 6.45) is 8.31. The largest absolute Gasteiger partial charge is 0.327 e. The summed E-state index contributed by atoms with van der Waals surface area (Å²) in [6.45, 7) is 1.06. The molecule has 96 valence electrons. The Morgan fingerprint density at radius 1 is 1.50 bits per heavy atom. The van der Waals surface area contributed by atoms with E-state index in [0.29, 0.717) is 0 Å². The first kappa shape index (κ1) is 12.7. The summed E-state index contributed by atoms with van der Waals surface area (Å²) in [5, 5.41) is 3.99. The fourth-order valence-electron chi connectivity index (χ4n) is 2.23. The standard InChI is InChI=1S/C13H18N4O/c1-17-9-3-2-4-12(17)13(18)16-15-10-11-5-7-14-8-6-11/h5-8,10,12H,2-4,9H2,1H3,(H,16,18)/p+1/b15-10-/t12-/m1/s1. The molecule has 1 amide bonds. The van der Waals surface area contributed by atoms with E-state index < -0.39 is 0 Å². The van der Waals surface area contributed by atoms with Crippen molar-refractivity contribution in [3.63, 3.8) is 0 Å². The molecule has 1 fully saturated rings. The van der Waals surface area contributed by atoms with Gasteiger partial charge in [0.15, 0.2) is 6.04 Å². The minimum absolute atomic E-state index is 0.0116. The van der Waals surface area contributed by atoms with Gasteiger partial charge in [-0.15, -0.1) is 0 Å². The second kappa shape index (κ2) is 6.26. The maximum Gasteiger partial charge on any atom is 0.298 e. The number of aromatic nitrogens is 1. The maximum atomic E-state index is 11.9. The van der Waals surface area contributed by atoms with Crippen LogP contribution in [0.5, 0.6) is 0 Å². The Hall–Kier alpha value is -1.75. The van der Waals surface area contributed by atoms with Crippen molar-refractivity contribution >= 4 is 12.1 Å². The highest BCUT2D eigenvalue weighted by molar-refractivity contribution is 5.84.